The standard InChI is InChI=1S/C39H48N8O3/c1-26-30-15-14-28(38(48)43-36-24-32-29(25-40-36)22-33(41-32)34-12-9-18-45(34)2)23-35(30)47(44-26)19-7-5-4-6-10-27-16-20-46(21-17-27)37-13-8-11-31(42-37)39(49)50-3/h8,11,13-15,22-25,27,34,41H,4-7,9-10,12,16-21H2,1-3H3,(H,40,43,48). The summed E-state index contributed by atoms with van der Waals surface area (Å²) in [4.78, 5) is 42.5. The first-order chi connectivity index (χ1) is 24.4. The van der Waals surface area contributed by atoms with Crippen LogP contribution >= 0.6 is 0 Å². The molecule has 0 saturated carbocycles. The van der Waals surface area contributed by atoms with E-state index in [1.54, 1.807) is 6.07 Å². The summed E-state index contributed by atoms with van der Waals surface area (Å²) < 4.78 is 6.89. The number of nitrogens with zero attached hydrogens (tertiary/aromatic N) is 6. The maximum Gasteiger partial charge on any atom is 0.356 e. The van der Waals surface area contributed by atoms with Crippen LogP contribution in [0.2, 0.25) is 0 Å². The monoisotopic (exact) mass is 676 g/mol. The van der Waals surface area contributed by atoms with E-state index >= 15 is 0 Å². The molecular weight excluding hydrogens is 628 g/mol. The minimum Gasteiger partial charge on any atom is -0.464 e. The van der Waals surface area contributed by atoms with Crippen molar-refractivity contribution in [2.24, 2.45) is 5.92 Å². The number of nitrogens with one attached hydrogen (secondary N) is 2. The number of methoxy groups -OCH3 is 1. The predicted octanol–water partition coefficient (Wildman–Crippen LogP) is 7.29. The summed E-state index contributed by atoms with van der Waals surface area (Å²) >= 11 is 0. The lowest BCUT2D eigenvalue weighted by Crippen LogP contribution is -2.34. The zero-order valence-electron chi connectivity index (χ0n) is 29.5. The highest BCUT2D eigenvalue weighted by Gasteiger charge is 2.24. The Morgan fingerprint density at radius 3 is 2.64 bits per heavy atom. The fraction of sp³-hybridized carbons (Fsp3) is 0.462. The van der Waals surface area contributed by atoms with Crippen LogP contribution in [0.25, 0.3) is 21.8 Å². The van der Waals surface area contributed by atoms with Gasteiger partial charge in [-0.1, -0.05) is 37.8 Å². The number of aryl methyl sites for hydroxylation is 2. The molecule has 2 aliphatic heterocycles. The van der Waals surface area contributed by atoms with Gasteiger partial charge in [0.15, 0.2) is 5.69 Å². The number of carbonyl (C=O) groups excluding carboxylic acids is 2. The molecule has 2 N–H and O–H groups in total. The Kier molecular flexibility index (Phi) is 10.1. The Morgan fingerprint density at radius 1 is 1.00 bits per heavy atom. The number of fused-ring (bicyclic) bond motifs is 2. The van der Waals surface area contributed by atoms with Gasteiger partial charge in [-0.2, -0.15) is 5.10 Å². The molecule has 2 aliphatic rings. The van der Waals surface area contributed by atoms with Crippen molar-refractivity contribution in [2.45, 2.75) is 77.3 Å². The number of pyridine rings is 2. The molecule has 50 heavy (non-hydrogen) atoms. The van der Waals surface area contributed by atoms with Crippen LogP contribution in [0.5, 0.6) is 0 Å². The molecule has 1 aromatic carbocycles. The Labute approximate surface area is 293 Å². The Morgan fingerprint density at radius 2 is 1.84 bits per heavy atom. The molecule has 0 bridgehead atoms. The first kappa shape index (κ1) is 33.7. The summed E-state index contributed by atoms with van der Waals surface area (Å²) in [6.07, 6.45) is 12.4. The van der Waals surface area contributed by atoms with E-state index < -0.39 is 5.97 Å². The Bertz CT molecular complexity index is 1970. The van der Waals surface area contributed by atoms with E-state index in [0.29, 0.717) is 23.1 Å². The lowest BCUT2D eigenvalue weighted by Gasteiger charge is -2.33. The molecule has 1 amide bonds. The predicted molar refractivity (Wildman–Crippen MR) is 197 cm³/mol. The van der Waals surface area contributed by atoms with E-state index in [1.807, 2.05) is 49.5 Å². The molecule has 1 unspecified atom stereocenters. The number of H-pyrrole nitrogens is 1. The summed E-state index contributed by atoms with van der Waals surface area (Å²) in [5.74, 6) is 1.55. The van der Waals surface area contributed by atoms with E-state index in [2.05, 4.69) is 47.9 Å². The van der Waals surface area contributed by atoms with Crippen LogP contribution in [0.15, 0.2) is 54.7 Å². The fourth-order valence-electron chi connectivity index (χ4n) is 7.76. The number of carbonyl (C=O) groups is 2. The molecule has 2 saturated heterocycles. The zero-order chi connectivity index (χ0) is 34.6. The van der Waals surface area contributed by atoms with Crippen LogP contribution in [0.1, 0.15) is 96.1 Å². The van der Waals surface area contributed by atoms with E-state index in [-0.39, 0.29) is 5.91 Å². The molecule has 5 aromatic rings. The van der Waals surface area contributed by atoms with Gasteiger partial charge in [0.05, 0.1) is 23.8 Å². The Balaban J connectivity index is 0.879. The average molecular weight is 677 g/mol. The van der Waals surface area contributed by atoms with Crippen molar-refractivity contribution in [1.82, 2.24) is 29.6 Å². The topological polar surface area (TPSA) is 121 Å². The van der Waals surface area contributed by atoms with Gasteiger partial charge in [0.1, 0.15) is 11.6 Å². The van der Waals surface area contributed by atoms with Crippen LogP contribution in [0.3, 0.4) is 0 Å². The largest absolute Gasteiger partial charge is 0.464 e. The highest BCUT2D eigenvalue weighted by atomic mass is 16.5. The van der Waals surface area contributed by atoms with Gasteiger partial charge >= 0.3 is 5.97 Å². The molecule has 0 aliphatic carbocycles. The zero-order valence-corrected chi connectivity index (χ0v) is 29.5. The van der Waals surface area contributed by atoms with E-state index in [9.17, 15) is 9.59 Å². The first-order valence-electron chi connectivity index (χ1n) is 18.1. The molecule has 1 atom stereocenters. The number of aromatic amines is 1. The van der Waals surface area contributed by atoms with Crippen LogP contribution < -0.4 is 10.2 Å². The molecule has 6 heterocycles. The maximum absolute atomic E-state index is 13.4. The van der Waals surface area contributed by atoms with Gasteiger partial charge in [-0.15, -0.1) is 0 Å². The molecular formula is C39H48N8O3. The molecule has 11 heteroatoms. The molecule has 7 rings (SSSR count). The number of ether oxygens (including phenoxy) is 1. The highest BCUT2D eigenvalue weighted by molar-refractivity contribution is 6.06. The number of anilines is 2. The molecule has 0 radical (unpaired) electrons. The number of piperidine rings is 1. The average Bonchev–Trinajstić information content (AvgIpc) is 3.85. The van der Waals surface area contributed by atoms with E-state index in [0.717, 1.165) is 97.5 Å². The van der Waals surface area contributed by atoms with Gasteiger partial charge in [-0.05, 0) is 88.9 Å². The van der Waals surface area contributed by atoms with Gasteiger partial charge in [-0.25, -0.2) is 14.8 Å². The van der Waals surface area contributed by atoms with Crippen LogP contribution in [-0.2, 0) is 11.3 Å². The second-order valence-corrected chi connectivity index (χ2v) is 14.0. The molecule has 0 spiro atoms. The summed E-state index contributed by atoms with van der Waals surface area (Å²) in [5, 5.41) is 9.96. The number of hydrogen-bond acceptors (Lipinski definition) is 8. The van der Waals surface area contributed by atoms with Gasteiger partial charge in [0.2, 0.25) is 0 Å². The number of likely N-dealkylation sites (tertiary alicyclic amines) is 1. The van der Waals surface area contributed by atoms with Crippen molar-refractivity contribution in [2.75, 3.05) is 44.0 Å². The summed E-state index contributed by atoms with van der Waals surface area (Å²) in [6.45, 7) is 5.90. The van der Waals surface area contributed by atoms with Gasteiger partial charge in [0.25, 0.3) is 5.91 Å². The van der Waals surface area contributed by atoms with Crippen molar-refractivity contribution in [1.29, 1.82) is 0 Å². The third-order valence-corrected chi connectivity index (χ3v) is 10.6. The number of benzene rings is 1. The molecule has 262 valence electrons. The van der Waals surface area contributed by atoms with Crippen LogP contribution in [0, 0.1) is 12.8 Å². The second kappa shape index (κ2) is 15.0. The normalized spacial score (nSPS) is 17.2. The van der Waals surface area contributed by atoms with Gasteiger partial charge < -0.3 is 19.9 Å². The molecule has 4 aromatic heterocycles. The van der Waals surface area contributed by atoms with Crippen molar-refractivity contribution in [3.05, 3.63) is 77.4 Å². The smallest absolute Gasteiger partial charge is 0.356 e. The van der Waals surface area contributed by atoms with Crippen molar-refractivity contribution >= 4 is 45.3 Å². The van der Waals surface area contributed by atoms with E-state index in [1.165, 1.54) is 38.5 Å². The van der Waals surface area contributed by atoms with E-state index in [4.69, 9.17) is 9.84 Å². The Hall–Kier alpha value is -4.77. The number of rotatable bonds is 12. The van der Waals surface area contributed by atoms with Crippen molar-refractivity contribution < 1.29 is 14.3 Å². The van der Waals surface area contributed by atoms with Crippen LogP contribution in [-0.4, -0.2) is 75.3 Å². The van der Waals surface area contributed by atoms with Gasteiger partial charge in [-0.3, -0.25) is 14.4 Å². The van der Waals surface area contributed by atoms with Crippen molar-refractivity contribution in [3.8, 4) is 0 Å². The summed E-state index contributed by atoms with van der Waals surface area (Å²) in [5.41, 5.74) is 5.11. The minimum absolute atomic E-state index is 0.178. The van der Waals surface area contributed by atoms with Gasteiger partial charge in [0, 0.05) is 60.0 Å². The van der Waals surface area contributed by atoms with Crippen LogP contribution in [0.4, 0.5) is 11.6 Å². The fourth-order valence-corrected chi connectivity index (χ4v) is 7.76. The lowest BCUT2D eigenvalue weighted by atomic mass is 9.91. The third kappa shape index (κ3) is 7.38. The third-order valence-electron chi connectivity index (χ3n) is 10.6. The summed E-state index contributed by atoms with van der Waals surface area (Å²) in [6, 6.07) is 15.9. The molecule has 11 nitrogen and oxygen atoms in total. The minimum atomic E-state index is -0.397. The lowest BCUT2D eigenvalue weighted by molar-refractivity contribution is 0.0594. The summed E-state index contributed by atoms with van der Waals surface area (Å²) in [7, 11) is 3.55. The SMILES string of the molecule is COC(=O)c1cccc(N2CCC(CCCCCCn3nc(C)c4ccc(C(=O)Nc5cc6[nH]c(C7CCCN7C)cc6cn5)cc43)CC2)n1. The number of unbranched alkanes of at least 4 members (excludes halogenated alkanes) is 3. The number of esters is 1. The number of aromatic nitrogens is 5. The maximum atomic E-state index is 13.4. The number of amides is 1. The quantitative estimate of drug-likeness (QED) is 0.104. The second-order valence-electron chi connectivity index (χ2n) is 14.0. The first-order valence-corrected chi connectivity index (χ1v) is 18.1. The molecule has 2 fully saturated rings. The highest BCUT2D eigenvalue weighted by Crippen LogP contribution is 2.32. The number of hydrogen-bond donors (Lipinski definition) is 2. The van der Waals surface area contributed by atoms with Crippen molar-refractivity contribution in [3.63, 3.8) is 0 Å².